The largest absolute Gasteiger partial charge is 0.351 e. The van der Waals surface area contributed by atoms with Crippen LogP contribution in [-0.4, -0.2) is 26.9 Å². The van der Waals surface area contributed by atoms with E-state index in [1.165, 1.54) is 6.07 Å². The van der Waals surface area contributed by atoms with Gasteiger partial charge >= 0.3 is 0 Å². The highest BCUT2D eigenvalue weighted by Gasteiger charge is 2.17. The lowest BCUT2D eigenvalue weighted by Gasteiger charge is -2.21. The summed E-state index contributed by atoms with van der Waals surface area (Å²) in [5.74, 6) is -0.256. The van der Waals surface area contributed by atoms with E-state index in [-0.39, 0.29) is 22.9 Å². The van der Waals surface area contributed by atoms with Crippen molar-refractivity contribution in [2.45, 2.75) is 39.3 Å². The monoisotopic (exact) mass is 338 g/mol. The number of carbonyl (C=O) groups is 1. The summed E-state index contributed by atoms with van der Waals surface area (Å²) in [5.41, 5.74) is 0.835. The normalized spacial score (nSPS) is 12.4. The zero-order valence-electron chi connectivity index (χ0n) is 13.2. The summed E-state index contributed by atoms with van der Waals surface area (Å²) in [4.78, 5) is 13.7. The molecule has 0 fully saturated rings. The van der Waals surface area contributed by atoms with E-state index in [0.717, 1.165) is 5.56 Å². The first-order chi connectivity index (χ1) is 11.0. The number of nitrogens with zero attached hydrogens (tertiary/aromatic N) is 3. The van der Waals surface area contributed by atoms with E-state index in [0.29, 0.717) is 19.4 Å². The maximum atomic E-state index is 13.1. The van der Waals surface area contributed by atoms with Crippen molar-refractivity contribution < 1.29 is 9.18 Å². The van der Waals surface area contributed by atoms with Crippen molar-refractivity contribution in [2.75, 3.05) is 0 Å². The Morgan fingerprint density at radius 3 is 2.65 bits per heavy atom. The molecule has 1 heterocycles. The van der Waals surface area contributed by atoms with Crippen LogP contribution in [0.15, 0.2) is 30.6 Å². The number of nitrogens with one attached hydrogen (secondary N) is 1. The van der Waals surface area contributed by atoms with Crippen LogP contribution in [0.4, 0.5) is 4.39 Å². The van der Waals surface area contributed by atoms with Gasteiger partial charge in [0.2, 0.25) is 5.91 Å². The van der Waals surface area contributed by atoms with Gasteiger partial charge in [-0.05, 0) is 30.0 Å². The molecule has 1 N–H and O–H groups in total. The molecule has 2 aromatic rings. The smallest absolute Gasteiger partial charge is 0.220 e. The molecule has 5 nitrogen and oxygen atoms in total. The molecule has 1 atom stereocenters. The predicted molar refractivity (Wildman–Crippen MR) is 86.5 cm³/mol. The van der Waals surface area contributed by atoms with Crippen LogP contribution >= 0.6 is 11.6 Å². The number of rotatable bonds is 7. The maximum Gasteiger partial charge on any atom is 0.220 e. The quantitative estimate of drug-likeness (QED) is 0.844. The Bertz CT molecular complexity index is 646. The number of aryl methyl sites for hydroxylation is 1. The summed E-state index contributed by atoms with van der Waals surface area (Å²) in [6.45, 7) is 4.60. The van der Waals surface area contributed by atoms with Crippen LogP contribution in [0.2, 0.25) is 5.02 Å². The van der Waals surface area contributed by atoms with Crippen LogP contribution in [0.3, 0.4) is 0 Å². The van der Waals surface area contributed by atoms with E-state index in [4.69, 9.17) is 11.6 Å². The minimum atomic E-state index is -0.452. The minimum Gasteiger partial charge on any atom is -0.351 e. The van der Waals surface area contributed by atoms with Gasteiger partial charge in [0.05, 0.1) is 30.0 Å². The Balaban J connectivity index is 1.87. The number of hydrogen-bond donors (Lipinski definition) is 1. The molecule has 1 aromatic carbocycles. The van der Waals surface area contributed by atoms with E-state index in [1.54, 1.807) is 29.3 Å². The maximum absolute atomic E-state index is 13.1. The van der Waals surface area contributed by atoms with Crippen LogP contribution in [0, 0.1) is 11.7 Å². The number of aromatic nitrogens is 3. The van der Waals surface area contributed by atoms with Gasteiger partial charge in [-0.1, -0.05) is 31.5 Å². The third-order valence-corrected chi connectivity index (χ3v) is 3.89. The molecule has 0 spiro atoms. The van der Waals surface area contributed by atoms with Gasteiger partial charge in [0.25, 0.3) is 0 Å². The average Bonchev–Trinajstić information content (AvgIpc) is 3.01. The molecule has 0 aliphatic heterocycles. The lowest BCUT2D eigenvalue weighted by molar-refractivity contribution is -0.122. The van der Waals surface area contributed by atoms with Crippen molar-refractivity contribution in [3.05, 3.63) is 47.0 Å². The molecule has 1 unspecified atom stereocenters. The third kappa shape index (κ3) is 5.32. The SMILES string of the molecule is CC(C)C(Cn1nccn1)NC(=O)CCc1ccc(F)c(Cl)c1. The highest BCUT2D eigenvalue weighted by Crippen LogP contribution is 2.17. The zero-order chi connectivity index (χ0) is 16.8. The molecule has 0 aliphatic rings. The summed E-state index contributed by atoms with van der Waals surface area (Å²) in [5, 5.41) is 11.2. The second-order valence-electron chi connectivity index (χ2n) is 5.75. The van der Waals surface area contributed by atoms with E-state index in [2.05, 4.69) is 15.5 Å². The van der Waals surface area contributed by atoms with Gasteiger partial charge in [-0.3, -0.25) is 4.79 Å². The van der Waals surface area contributed by atoms with Gasteiger partial charge in [-0.25, -0.2) is 4.39 Å². The lowest BCUT2D eigenvalue weighted by atomic mass is 10.0. The van der Waals surface area contributed by atoms with Crippen molar-refractivity contribution in [1.29, 1.82) is 0 Å². The van der Waals surface area contributed by atoms with Crippen LogP contribution < -0.4 is 5.32 Å². The first kappa shape index (κ1) is 17.4. The summed E-state index contributed by atoms with van der Waals surface area (Å²) in [6, 6.07) is 4.46. The number of hydrogen-bond acceptors (Lipinski definition) is 3. The van der Waals surface area contributed by atoms with Crippen molar-refractivity contribution in [1.82, 2.24) is 20.3 Å². The van der Waals surface area contributed by atoms with Crippen LogP contribution in [0.25, 0.3) is 0 Å². The van der Waals surface area contributed by atoms with Crippen LogP contribution in [0.5, 0.6) is 0 Å². The molecule has 0 aliphatic carbocycles. The summed E-state index contributed by atoms with van der Waals surface area (Å²) in [7, 11) is 0. The summed E-state index contributed by atoms with van der Waals surface area (Å²) in [6.07, 6.45) is 4.04. The average molecular weight is 339 g/mol. The fraction of sp³-hybridized carbons (Fsp3) is 0.438. The molecule has 1 amide bonds. The second kappa shape index (κ2) is 8.06. The van der Waals surface area contributed by atoms with E-state index in [9.17, 15) is 9.18 Å². The second-order valence-corrected chi connectivity index (χ2v) is 6.16. The molecule has 2 rings (SSSR count). The third-order valence-electron chi connectivity index (χ3n) is 3.60. The Morgan fingerprint density at radius 2 is 2.04 bits per heavy atom. The molecule has 7 heteroatoms. The molecule has 0 saturated heterocycles. The topological polar surface area (TPSA) is 59.8 Å². The molecular formula is C16H20ClFN4O. The summed E-state index contributed by atoms with van der Waals surface area (Å²) < 4.78 is 13.1. The molecule has 23 heavy (non-hydrogen) atoms. The minimum absolute atomic E-state index is 0.0493. The van der Waals surface area contributed by atoms with Crippen molar-refractivity contribution in [2.24, 2.45) is 5.92 Å². The zero-order valence-corrected chi connectivity index (χ0v) is 13.9. The van der Waals surface area contributed by atoms with Crippen LogP contribution in [-0.2, 0) is 17.8 Å². The first-order valence-electron chi connectivity index (χ1n) is 7.53. The molecule has 0 radical (unpaired) electrons. The first-order valence-corrected chi connectivity index (χ1v) is 7.91. The summed E-state index contributed by atoms with van der Waals surface area (Å²) >= 11 is 5.74. The fourth-order valence-corrected chi connectivity index (χ4v) is 2.37. The Kier molecular flexibility index (Phi) is 6.10. The van der Waals surface area contributed by atoms with Gasteiger partial charge in [-0.2, -0.15) is 15.0 Å². The van der Waals surface area contributed by atoms with E-state index >= 15 is 0 Å². The lowest BCUT2D eigenvalue weighted by Crippen LogP contribution is -2.42. The molecule has 124 valence electrons. The number of carbonyl (C=O) groups excluding carboxylic acids is 1. The molecule has 0 bridgehead atoms. The van der Waals surface area contributed by atoms with Gasteiger partial charge in [0, 0.05) is 6.42 Å². The van der Waals surface area contributed by atoms with E-state index in [1.807, 2.05) is 13.8 Å². The number of benzene rings is 1. The molecule has 1 aromatic heterocycles. The predicted octanol–water partition coefficient (Wildman–Crippen LogP) is 2.84. The number of amides is 1. The van der Waals surface area contributed by atoms with Crippen LogP contribution in [0.1, 0.15) is 25.8 Å². The Hall–Kier alpha value is -1.95. The Morgan fingerprint density at radius 1 is 1.35 bits per heavy atom. The van der Waals surface area contributed by atoms with Gasteiger partial charge in [0.15, 0.2) is 0 Å². The standard InChI is InChI=1S/C16H20ClFN4O/c1-11(2)15(10-22-19-7-8-20-22)21-16(23)6-4-12-3-5-14(18)13(17)9-12/h3,5,7-9,11,15H,4,6,10H2,1-2H3,(H,21,23). The molecule has 0 saturated carbocycles. The fourth-order valence-electron chi connectivity index (χ4n) is 2.17. The van der Waals surface area contributed by atoms with Crippen molar-refractivity contribution >= 4 is 17.5 Å². The number of halogens is 2. The van der Waals surface area contributed by atoms with Crippen molar-refractivity contribution in [3.8, 4) is 0 Å². The van der Waals surface area contributed by atoms with Gasteiger partial charge < -0.3 is 5.32 Å². The highest BCUT2D eigenvalue weighted by molar-refractivity contribution is 6.30. The van der Waals surface area contributed by atoms with Gasteiger partial charge in [-0.15, -0.1) is 0 Å². The molecular weight excluding hydrogens is 319 g/mol. The van der Waals surface area contributed by atoms with E-state index < -0.39 is 5.82 Å². The van der Waals surface area contributed by atoms with Crippen molar-refractivity contribution in [3.63, 3.8) is 0 Å². The highest BCUT2D eigenvalue weighted by atomic mass is 35.5. The van der Waals surface area contributed by atoms with Gasteiger partial charge in [0.1, 0.15) is 5.82 Å². The Labute approximate surface area is 139 Å².